The summed E-state index contributed by atoms with van der Waals surface area (Å²) in [6.45, 7) is 1.85. The van der Waals surface area contributed by atoms with Gasteiger partial charge in [0.05, 0.1) is 24.2 Å². The largest absolute Gasteiger partial charge is 0.378 e. The van der Waals surface area contributed by atoms with Gasteiger partial charge in [0.25, 0.3) is 5.69 Å². The average Bonchev–Trinajstić information content (AvgIpc) is 2.14. The third-order valence-corrected chi connectivity index (χ3v) is 2.95. The number of halogens is 1. The molecule has 1 heterocycles. The molecule has 16 heavy (non-hydrogen) atoms. The molecule has 0 bridgehead atoms. The SMILES string of the molecule is O=[N+]([O-])c1ccc(Br)cc1CNC1COC1. The van der Waals surface area contributed by atoms with Gasteiger partial charge in [0.2, 0.25) is 0 Å². The molecule has 0 spiro atoms. The molecule has 0 radical (unpaired) electrons. The molecule has 1 saturated heterocycles. The number of benzene rings is 1. The minimum absolute atomic E-state index is 0.149. The molecule has 5 nitrogen and oxygen atoms in total. The zero-order chi connectivity index (χ0) is 11.5. The van der Waals surface area contributed by atoms with E-state index in [-0.39, 0.29) is 10.6 Å². The van der Waals surface area contributed by atoms with Crippen molar-refractivity contribution in [2.24, 2.45) is 0 Å². The summed E-state index contributed by atoms with van der Waals surface area (Å²) in [4.78, 5) is 10.4. The van der Waals surface area contributed by atoms with E-state index < -0.39 is 0 Å². The number of ether oxygens (including phenoxy) is 1. The normalized spacial score (nSPS) is 15.8. The van der Waals surface area contributed by atoms with Crippen LogP contribution in [0.15, 0.2) is 22.7 Å². The predicted molar refractivity (Wildman–Crippen MR) is 62.2 cm³/mol. The number of nitrogens with zero attached hydrogens (tertiary/aromatic N) is 1. The number of rotatable bonds is 4. The van der Waals surface area contributed by atoms with Crippen molar-refractivity contribution in [1.82, 2.24) is 5.32 Å². The summed E-state index contributed by atoms with van der Waals surface area (Å²) in [6.07, 6.45) is 0. The molecule has 2 rings (SSSR count). The van der Waals surface area contributed by atoms with Gasteiger partial charge in [0.15, 0.2) is 0 Å². The van der Waals surface area contributed by atoms with Crippen LogP contribution in [0.4, 0.5) is 5.69 Å². The molecule has 1 aliphatic heterocycles. The lowest BCUT2D eigenvalue weighted by Crippen LogP contribution is -2.45. The highest BCUT2D eigenvalue weighted by atomic mass is 79.9. The maximum absolute atomic E-state index is 10.8. The summed E-state index contributed by atoms with van der Waals surface area (Å²) in [5.41, 5.74) is 0.835. The standard InChI is InChI=1S/C10H11BrN2O3/c11-8-1-2-10(13(14)15)7(3-8)4-12-9-5-16-6-9/h1-3,9,12H,4-6H2. The van der Waals surface area contributed by atoms with Gasteiger partial charge in [-0.2, -0.15) is 0 Å². The maximum atomic E-state index is 10.8. The van der Waals surface area contributed by atoms with Crippen molar-refractivity contribution in [2.45, 2.75) is 12.6 Å². The lowest BCUT2D eigenvalue weighted by atomic mass is 10.1. The number of nitro groups is 1. The molecule has 0 saturated carbocycles. The van der Waals surface area contributed by atoms with Crippen molar-refractivity contribution in [3.63, 3.8) is 0 Å². The van der Waals surface area contributed by atoms with Crippen LogP contribution in [0, 0.1) is 10.1 Å². The van der Waals surface area contributed by atoms with Gasteiger partial charge in [0, 0.05) is 22.6 Å². The van der Waals surface area contributed by atoms with E-state index in [1.165, 1.54) is 6.07 Å². The molecular formula is C10H11BrN2O3. The van der Waals surface area contributed by atoms with Crippen molar-refractivity contribution < 1.29 is 9.66 Å². The van der Waals surface area contributed by atoms with Gasteiger partial charge >= 0.3 is 0 Å². The summed E-state index contributed by atoms with van der Waals surface area (Å²) in [6, 6.07) is 5.27. The van der Waals surface area contributed by atoms with E-state index in [1.807, 2.05) is 0 Å². The molecule has 0 aromatic heterocycles. The van der Waals surface area contributed by atoms with E-state index in [0.29, 0.717) is 31.4 Å². The van der Waals surface area contributed by atoms with Gasteiger partial charge < -0.3 is 10.1 Å². The topological polar surface area (TPSA) is 64.4 Å². The first kappa shape index (κ1) is 11.5. The number of nitrogens with one attached hydrogen (secondary N) is 1. The monoisotopic (exact) mass is 286 g/mol. The third kappa shape index (κ3) is 2.58. The second-order valence-electron chi connectivity index (χ2n) is 3.65. The molecule has 0 amide bonds. The van der Waals surface area contributed by atoms with Crippen LogP contribution in [0.1, 0.15) is 5.56 Å². The fourth-order valence-electron chi connectivity index (χ4n) is 1.48. The van der Waals surface area contributed by atoms with Crippen LogP contribution in [0.5, 0.6) is 0 Å². The van der Waals surface area contributed by atoms with E-state index in [2.05, 4.69) is 21.2 Å². The van der Waals surface area contributed by atoms with E-state index in [9.17, 15) is 10.1 Å². The van der Waals surface area contributed by atoms with Crippen molar-refractivity contribution in [3.8, 4) is 0 Å². The molecule has 0 aliphatic carbocycles. The smallest absolute Gasteiger partial charge is 0.273 e. The Balaban J connectivity index is 2.09. The molecule has 6 heteroatoms. The van der Waals surface area contributed by atoms with Gasteiger partial charge in [-0.05, 0) is 12.1 Å². The zero-order valence-corrected chi connectivity index (χ0v) is 10.1. The predicted octanol–water partition coefficient (Wildman–Crippen LogP) is 1.85. The zero-order valence-electron chi connectivity index (χ0n) is 8.48. The number of hydrogen-bond donors (Lipinski definition) is 1. The first-order valence-electron chi connectivity index (χ1n) is 4.91. The lowest BCUT2D eigenvalue weighted by Gasteiger charge is -2.26. The highest BCUT2D eigenvalue weighted by Gasteiger charge is 2.19. The Morgan fingerprint density at radius 2 is 2.31 bits per heavy atom. The summed E-state index contributed by atoms with van der Waals surface area (Å²) in [7, 11) is 0. The highest BCUT2D eigenvalue weighted by Crippen LogP contribution is 2.23. The van der Waals surface area contributed by atoms with Crippen LogP contribution in [-0.2, 0) is 11.3 Å². The minimum atomic E-state index is -0.360. The maximum Gasteiger partial charge on any atom is 0.273 e. The Bertz CT molecular complexity index is 407. The van der Waals surface area contributed by atoms with Gasteiger partial charge in [-0.25, -0.2) is 0 Å². The van der Waals surface area contributed by atoms with Gasteiger partial charge in [-0.15, -0.1) is 0 Å². The molecule has 1 N–H and O–H groups in total. The van der Waals surface area contributed by atoms with E-state index in [4.69, 9.17) is 4.74 Å². The average molecular weight is 287 g/mol. The van der Waals surface area contributed by atoms with Crippen LogP contribution in [0.3, 0.4) is 0 Å². The van der Waals surface area contributed by atoms with Crippen LogP contribution in [0.2, 0.25) is 0 Å². The molecule has 1 aromatic rings. The third-order valence-electron chi connectivity index (χ3n) is 2.46. The quantitative estimate of drug-likeness (QED) is 0.678. The minimum Gasteiger partial charge on any atom is -0.378 e. The van der Waals surface area contributed by atoms with Gasteiger partial charge in [0.1, 0.15) is 0 Å². The van der Waals surface area contributed by atoms with Gasteiger partial charge in [-0.3, -0.25) is 10.1 Å². The molecule has 86 valence electrons. The Kier molecular flexibility index (Phi) is 3.52. The van der Waals surface area contributed by atoms with Crippen LogP contribution in [-0.4, -0.2) is 24.2 Å². The van der Waals surface area contributed by atoms with Crippen molar-refractivity contribution in [2.75, 3.05) is 13.2 Å². The summed E-state index contributed by atoms with van der Waals surface area (Å²) in [5, 5.41) is 14.0. The van der Waals surface area contributed by atoms with E-state index in [0.717, 1.165) is 4.47 Å². The van der Waals surface area contributed by atoms with E-state index in [1.54, 1.807) is 12.1 Å². The summed E-state index contributed by atoms with van der Waals surface area (Å²) < 4.78 is 5.87. The molecule has 1 fully saturated rings. The summed E-state index contributed by atoms with van der Waals surface area (Å²) in [5.74, 6) is 0. The van der Waals surface area contributed by atoms with Crippen LogP contribution >= 0.6 is 15.9 Å². The second kappa shape index (κ2) is 4.90. The summed E-state index contributed by atoms with van der Waals surface area (Å²) >= 11 is 3.31. The molecule has 0 atom stereocenters. The Labute approximate surface area is 101 Å². The highest BCUT2D eigenvalue weighted by molar-refractivity contribution is 9.10. The fraction of sp³-hybridized carbons (Fsp3) is 0.400. The number of nitro benzene ring substituents is 1. The lowest BCUT2D eigenvalue weighted by molar-refractivity contribution is -0.385. The first-order valence-corrected chi connectivity index (χ1v) is 5.70. The van der Waals surface area contributed by atoms with Crippen LogP contribution < -0.4 is 5.32 Å². The fourth-order valence-corrected chi connectivity index (χ4v) is 1.89. The second-order valence-corrected chi connectivity index (χ2v) is 4.56. The first-order chi connectivity index (χ1) is 7.66. The van der Waals surface area contributed by atoms with Crippen molar-refractivity contribution >= 4 is 21.6 Å². The van der Waals surface area contributed by atoms with E-state index >= 15 is 0 Å². The molecule has 0 unspecified atom stereocenters. The number of hydrogen-bond acceptors (Lipinski definition) is 4. The van der Waals surface area contributed by atoms with Gasteiger partial charge in [-0.1, -0.05) is 15.9 Å². The van der Waals surface area contributed by atoms with Crippen molar-refractivity contribution in [3.05, 3.63) is 38.3 Å². The molecule has 1 aliphatic rings. The Morgan fingerprint density at radius 1 is 1.56 bits per heavy atom. The Hall–Kier alpha value is -0.980. The molecular weight excluding hydrogens is 276 g/mol. The van der Waals surface area contributed by atoms with Crippen molar-refractivity contribution in [1.29, 1.82) is 0 Å². The Morgan fingerprint density at radius 3 is 2.88 bits per heavy atom. The molecule has 1 aromatic carbocycles. The van der Waals surface area contributed by atoms with Crippen LogP contribution in [0.25, 0.3) is 0 Å².